The molecule has 1 fully saturated rings. The molecule has 4 heteroatoms. The minimum absolute atomic E-state index is 0.173. The normalized spacial score (nSPS) is 23.5. The Hall–Kier alpha value is -1.42. The molecule has 0 unspecified atom stereocenters. The Kier molecular flexibility index (Phi) is 4.53. The van der Waals surface area contributed by atoms with Crippen molar-refractivity contribution in [2.24, 2.45) is 5.92 Å². The second kappa shape index (κ2) is 6.15. The SMILES string of the molecule is CN(Cc1ccccc1F)C1CCC(C(=O)O)CC1. The van der Waals surface area contributed by atoms with Crippen LogP contribution in [0.5, 0.6) is 0 Å². The maximum Gasteiger partial charge on any atom is 0.306 e. The number of rotatable bonds is 4. The molecular weight excluding hydrogens is 245 g/mol. The first kappa shape index (κ1) is 14.0. The molecule has 2 rings (SSSR count). The van der Waals surface area contributed by atoms with Crippen molar-refractivity contribution in [3.05, 3.63) is 35.6 Å². The summed E-state index contributed by atoms with van der Waals surface area (Å²) in [6.45, 7) is 0.578. The highest BCUT2D eigenvalue weighted by Crippen LogP contribution is 2.28. The molecule has 0 aromatic heterocycles. The van der Waals surface area contributed by atoms with E-state index in [0.29, 0.717) is 18.2 Å². The lowest BCUT2D eigenvalue weighted by Gasteiger charge is -2.33. The number of hydrogen-bond acceptors (Lipinski definition) is 2. The minimum atomic E-state index is -0.685. The van der Waals surface area contributed by atoms with Crippen LogP contribution in [0.25, 0.3) is 0 Å². The van der Waals surface area contributed by atoms with Crippen LogP contribution >= 0.6 is 0 Å². The van der Waals surface area contributed by atoms with Gasteiger partial charge in [-0.25, -0.2) is 4.39 Å². The van der Waals surface area contributed by atoms with Gasteiger partial charge in [0.25, 0.3) is 0 Å². The summed E-state index contributed by atoms with van der Waals surface area (Å²) in [5, 5.41) is 8.97. The van der Waals surface area contributed by atoms with E-state index in [2.05, 4.69) is 4.90 Å². The Morgan fingerprint density at radius 3 is 2.53 bits per heavy atom. The van der Waals surface area contributed by atoms with Crippen molar-refractivity contribution in [2.75, 3.05) is 7.05 Å². The summed E-state index contributed by atoms with van der Waals surface area (Å²) in [7, 11) is 1.98. The van der Waals surface area contributed by atoms with Crippen molar-refractivity contribution in [3.63, 3.8) is 0 Å². The van der Waals surface area contributed by atoms with Gasteiger partial charge in [0.05, 0.1) is 5.92 Å². The van der Waals surface area contributed by atoms with Gasteiger partial charge in [-0.05, 0) is 38.8 Å². The molecule has 1 aromatic rings. The van der Waals surface area contributed by atoms with Crippen LogP contribution in [0.15, 0.2) is 24.3 Å². The Bertz CT molecular complexity index is 442. The minimum Gasteiger partial charge on any atom is -0.481 e. The van der Waals surface area contributed by atoms with E-state index in [1.165, 1.54) is 6.07 Å². The van der Waals surface area contributed by atoms with Gasteiger partial charge in [0.15, 0.2) is 0 Å². The molecule has 0 saturated heterocycles. The van der Waals surface area contributed by atoms with Crippen LogP contribution in [0.2, 0.25) is 0 Å². The van der Waals surface area contributed by atoms with Crippen molar-refractivity contribution in [3.8, 4) is 0 Å². The molecule has 0 spiro atoms. The van der Waals surface area contributed by atoms with Gasteiger partial charge in [0.1, 0.15) is 5.82 Å². The topological polar surface area (TPSA) is 40.5 Å². The van der Waals surface area contributed by atoms with E-state index in [1.807, 2.05) is 13.1 Å². The molecule has 0 aliphatic heterocycles. The fourth-order valence-corrected chi connectivity index (χ4v) is 2.79. The third kappa shape index (κ3) is 3.53. The van der Waals surface area contributed by atoms with E-state index >= 15 is 0 Å². The summed E-state index contributed by atoms with van der Waals surface area (Å²) in [6, 6.07) is 7.17. The number of halogens is 1. The number of carboxylic acids is 1. The molecule has 104 valence electrons. The molecule has 1 N–H and O–H groups in total. The third-order valence-corrected chi connectivity index (χ3v) is 4.05. The van der Waals surface area contributed by atoms with Crippen LogP contribution in [-0.2, 0) is 11.3 Å². The number of carbonyl (C=O) groups is 1. The van der Waals surface area contributed by atoms with E-state index in [0.717, 1.165) is 25.7 Å². The van der Waals surface area contributed by atoms with E-state index in [1.54, 1.807) is 12.1 Å². The maximum atomic E-state index is 13.6. The van der Waals surface area contributed by atoms with E-state index in [-0.39, 0.29) is 11.7 Å². The number of aliphatic carboxylic acids is 1. The highest BCUT2D eigenvalue weighted by atomic mass is 19.1. The first-order chi connectivity index (χ1) is 9.08. The average Bonchev–Trinajstić information content (AvgIpc) is 2.41. The zero-order valence-electron chi connectivity index (χ0n) is 11.2. The fraction of sp³-hybridized carbons (Fsp3) is 0.533. The zero-order valence-corrected chi connectivity index (χ0v) is 11.2. The van der Waals surface area contributed by atoms with Crippen molar-refractivity contribution in [1.82, 2.24) is 4.90 Å². The molecule has 3 nitrogen and oxygen atoms in total. The van der Waals surface area contributed by atoms with Gasteiger partial charge in [0, 0.05) is 18.2 Å². The van der Waals surface area contributed by atoms with Gasteiger partial charge in [-0.15, -0.1) is 0 Å². The van der Waals surface area contributed by atoms with E-state index in [9.17, 15) is 9.18 Å². The third-order valence-electron chi connectivity index (χ3n) is 4.05. The first-order valence-electron chi connectivity index (χ1n) is 6.74. The van der Waals surface area contributed by atoms with Gasteiger partial charge in [-0.1, -0.05) is 18.2 Å². The Labute approximate surface area is 113 Å². The number of carboxylic acid groups (broad SMARTS) is 1. The van der Waals surface area contributed by atoms with Gasteiger partial charge < -0.3 is 5.11 Å². The number of benzene rings is 1. The Balaban J connectivity index is 1.90. The zero-order chi connectivity index (χ0) is 13.8. The van der Waals surface area contributed by atoms with Crippen LogP contribution in [0.4, 0.5) is 4.39 Å². The summed E-state index contributed by atoms with van der Waals surface area (Å²) < 4.78 is 13.6. The van der Waals surface area contributed by atoms with Gasteiger partial charge >= 0.3 is 5.97 Å². The second-order valence-electron chi connectivity index (χ2n) is 5.35. The van der Waals surface area contributed by atoms with Crippen molar-refractivity contribution < 1.29 is 14.3 Å². The molecule has 1 aliphatic rings. The van der Waals surface area contributed by atoms with Gasteiger partial charge in [0.2, 0.25) is 0 Å². The lowest BCUT2D eigenvalue weighted by molar-refractivity contribution is -0.143. The quantitative estimate of drug-likeness (QED) is 0.910. The summed E-state index contributed by atoms with van der Waals surface area (Å²) in [4.78, 5) is 13.0. The summed E-state index contributed by atoms with van der Waals surface area (Å²) in [6.07, 6.45) is 3.20. The van der Waals surface area contributed by atoms with E-state index < -0.39 is 5.97 Å². The first-order valence-corrected chi connectivity index (χ1v) is 6.74. The van der Waals surface area contributed by atoms with Crippen molar-refractivity contribution in [1.29, 1.82) is 0 Å². The molecule has 1 aliphatic carbocycles. The van der Waals surface area contributed by atoms with E-state index in [4.69, 9.17) is 5.11 Å². The van der Waals surface area contributed by atoms with Crippen molar-refractivity contribution in [2.45, 2.75) is 38.3 Å². The molecular formula is C15H20FNO2. The van der Waals surface area contributed by atoms with Crippen LogP contribution in [0.1, 0.15) is 31.2 Å². The molecule has 0 heterocycles. The largest absolute Gasteiger partial charge is 0.481 e. The lowest BCUT2D eigenvalue weighted by Crippen LogP contribution is -2.36. The smallest absolute Gasteiger partial charge is 0.306 e. The highest BCUT2D eigenvalue weighted by Gasteiger charge is 2.28. The number of nitrogens with zero attached hydrogens (tertiary/aromatic N) is 1. The fourth-order valence-electron chi connectivity index (χ4n) is 2.79. The summed E-state index contributed by atoms with van der Waals surface area (Å²) in [5.74, 6) is -1.05. The molecule has 19 heavy (non-hydrogen) atoms. The van der Waals surface area contributed by atoms with Gasteiger partial charge in [-0.2, -0.15) is 0 Å². The molecule has 0 amide bonds. The lowest BCUT2D eigenvalue weighted by atomic mass is 9.85. The number of hydrogen-bond donors (Lipinski definition) is 1. The average molecular weight is 265 g/mol. The Morgan fingerprint density at radius 1 is 1.32 bits per heavy atom. The van der Waals surface area contributed by atoms with Crippen LogP contribution in [0, 0.1) is 11.7 Å². The highest BCUT2D eigenvalue weighted by molar-refractivity contribution is 5.70. The molecule has 1 saturated carbocycles. The van der Waals surface area contributed by atoms with Crippen LogP contribution in [-0.4, -0.2) is 29.1 Å². The molecule has 1 aromatic carbocycles. The Morgan fingerprint density at radius 2 is 1.95 bits per heavy atom. The summed E-state index contributed by atoms with van der Waals surface area (Å²) >= 11 is 0. The maximum absolute atomic E-state index is 13.6. The molecule has 0 bridgehead atoms. The molecule has 0 radical (unpaired) electrons. The predicted molar refractivity (Wildman–Crippen MR) is 71.2 cm³/mol. The van der Waals surface area contributed by atoms with Crippen LogP contribution in [0.3, 0.4) is 0 Å². The molecule has 0 atom stereocenters. The standard InChI is InChI=1S/C15H20FNO2/c1-17(10-12-4-2-3-5-14(12)16)13-8-6-11(7-9-13)15(18)19/h2-5,11,13H,6-10H2,1H3,(H,18,19). The van der Waals surface area contributed by atoms with Gasteiger partial charge in [-0.3, -0.25) is 9.69 Å². The van der Waals surface area contributed by atoms with Crippen molar-refractivity contribution >= 4 is 5.97 Å². The second-order valence-corrected chi connectivity index (χ2v) is 5.35. The monoisotopic (exact) mass is 265 g/mol. The van der Waals surface area contributed by atoms with Crippen LogP contribution < -0.4 is 0 Å². The summed E-state index contributed by atoms with van der Waals surface area (Å²) in [5.41, 5.74) is 0.699. The predicted octanol–water partition coefficient (Wildman–Crippen LogP) is 2.90.